The maximum absolute atomic E-state index is 12.9. The highest BCUT2D eigenvalue weighted by atomic mass is 16.5. The molecular formula is C24H23N3O3. The van der Waals surface area contributed by atoms with E-state index in [-0.39, 0.29) is 0 Å². The van der Waals surface area contributed by atoms with Gasteiger partial charge in [-0.15, -0.1) is 0 Å². The van der Waals surface area contributed by atoms with Crippen LogP contribution in [0.15, 0.2) is 72.9 Å². The Morgan fingerprint density at radius 1 is 1.00 bits per heavy atom. The van der Waals surface area contributed by atoms with Gasteiger partial charge >= 0.3 is 5.97 Å². The Kier molecular flexibility index (Phi) is 5.75. The van der Waals surface area contributed by atoms with E-state index in [2.05, 4.69) is 15.6 Å². The van der Waals surface area contributed by atoms with Gasteiger partial charge in [-0.05, 0) is 44.0 Å². The van der Waals surface area contributed by atoms with Crippen LogP contribution in [0.1, 0.15) is 40.4 Å². The number of carbonyl (C=O) groups is 2. The van der Waals surface area contributed by atoms with E-state index in [4.69, 9.17) is 4.74 Å². The first-order chi connectivity index (χ1) is 14.6. The Bertz CT molecular complexity index is 1010. The van der Waals surface area contributed by atoms with Crippen molar-refractivity contribution in [1.82, 2.24) is 4.98 Å². The molecule has 0 radical (unpaired) electrons. The molecule has 0 bridgehead atoms. The second kappa shape index (κ2) is 8.78. The number of esters is 1. The molecule has 152 valence electrons. The molecule has 4 rings (SSSR count). The highest BCUT2D eigenvalue weighted by molar-refractivity contribution is 5.98. The van der Waals surface area contributed by atoms with Crippen LogP contribution in [0.3, 0.4) is 0 Å². The zero-order valence-electron chi connectivity index (χ0n) is 16.7. The molecule has 2 aromatic carbocycles. The molecule has 0 aliphatic heterocycles. The quantitative estimate of drug-likeness (QED) is 0.570. The third-order valence-electron chi connectivity index (χ3n) is 4.81. The minimum Gasteiger partial charge on any atom is -0.444 e. The fourth-order valence-electron chi connectivity index (χ4n) is 2.96. The highest BCUT2D eigenvalue weighted by Gasteiger charge is 2.26. The Hall–Kier alpha value is -3.67. The molecule has 30 heavy (non-hydrogen) atoms. The molecule has 1 fully saturated rings. The number of ether oxygens (including phenoxy) is 1. The lowest BCUT2D eigenvalue weighted by molar-refractivity contribution is -0.125. The van der Waals surface area contributed by atoms with Crippen molar-refractivity contribution in [3.63, 3.8) is 0 Å². The molecule has 1 amide bonds. The van der Waals surface area contributed by atoms with Crippen molar-refractivity contribution in [2.24, 2.45) is 0 Å². The summed E-state index contributed by atoms with van der Waals surface area (Å²) in [4.78, 5) is 29.9. The second-order valence-electron chi connectivity index (χ2n) is 7.40. The summed E-state index contributed by atoms with van der Waals surface area (Å²) in [6.45, 7) is 1.97. The Balaban J connectivity index is 1.49. The van der Waals surface area contributed by atoms with E-state index >= 15 is 0 Å². The number of amides is 1. The van der Waals surface area contributed by atoms with Gasteiger partial charge in [-0.3, -0.25) is 4.79 Å². The van der Waals surface area contributed by atoms with Crippen LogP contribution < -0.4 is 10.6 Å². The molecular weight excluding hydrogens is 378 g/mol. The number of aromatic nitrogens is 1. The first kappa shape index (κ1) is 19.6. The van der Waals surface area contributed by atoms with Gasteiger partial charge in [0.2, 0.25) is 6.10 Å². The third-order valence-corrected chi connectivity index (χ3v) is 4.81. The van der Waals surface area contributed by atoms with E-state index in [1.54, 1.807) is 36.4 Å². The number of nitrogens with zero attached hydrogens (tertiary/aromatic N) is 1. The molecule has 1 unspecified atom stereocenters. The van der Waals surface area contributed by atoms with Gasteiger partial charge < -0.3 is 15.4 Å². The summed E-state index contributed by atoms with van der Waals surface area (Å²) in [5.41, 5.74) is 2.61. The molecule has 1 aliphatic carbocycles. The normalized spacial score (nSPS) is 13.9. The van der Waals surface area contributed by atoms with Crippen LogP contribution in [0.4, 0.5) is 11.5 Å². The SMILES string of the molecule is Cc1ccc(NC(=O)C(OC(=O)c2ccc(NC3CC3)nc2)c2ccccc2)cc1. The van der Waals surface area contributed by atoms with Crippen molar-refractivity contribution in [2.75, 3.05) is 10.6 Å². The van der Waals surface area contributed by atoms with Gasteiger partial charge in [-0.2, -0.15) is 0 Å². The van der Waals surface area contributed by atoms with Gasteiger partial charge in [-0.1, -0.05) is 48.0 Å². The van der Waals surface area contributed by atoms with Gasteiger partial charge in [0, 0.05) is 23.5 Å². The summed E-state index contributed by atoms with van der Waals surface area (Å²) in [5.74, 6) is -0.294. The number of aryl methyl sites for hydroxylation is 1. The lowest BCUT2D eigenvalue weighted by atomic mass is 10.1. The van der Waals surface area contributed by atoms with E-state index in [0.29, 0.717) is 22.9 Å². The number of anilines is 2. The lowest BCUT2D eigenvalue weighted by Crippen LogP contribution is -2.26. The van der Waals surface area contributed by atoms with Gasteiger partial charge in [-0.25, -0.2) is 9.78 Å². The van der Waals surface area contributed by atoms with Crippen LogP contribution in [0.2, 0.25) is 0 Å². The van der Waals surface area contributed by atoms with Crippen molar-refractivity contribution in [1.29, 1.82) is 0 Å². The van der Waals surface area contributed by atoms with Crippen LogP contribution >= 0.6 is 0 Å². The van der Waals surface area contributed by atoms with Crippen LogP contribution in [0.25, 0.3) is 0 Å². The molecule has 2 N–H and O–H groups in total. The average Bonchev–Trinajstić information content (AvgIpc) is 3.58. The fraction of sp³-hybridized carbons (Fsp3) is 0.208. The van der Waals surface area contributed by atoms with Gasteiger partial charge in [0.1, 0.15) is 5.82 Å². The van der Waals surface area contributed by atoms with Crippen molar-refractivity contribution in [3.8, 4) is 0 Å². The summed E-state index contributed by atoms with van der Waals surface area (Å²) < 4.78 is 5.60. The maximum Gasteiger partial charge on any atom is 0.340 e. The predicted molar refractivity (Wildman–Crippen MR) is 115 cm³/mol. The molecule has 3 aromatic rings. The standard InChI is InChI=1S/C24H23N3O3/c1-16-7-10-20(11-8-16)27-23(28)22(17-5-3-2-4-6-17)30-24(29)18-9-14-21(25-15-18)26-19-12-13-19/h2-11,14-15,19,22H,12-13H2,1H3,(H,25,26)(H,27,28). The molecule has 1 heterocycles. The van der Waals surface area contributed by atoms with Crippen LogP contribution in [-0.2, 0) is 9.53 Å². The molecule has 1 saturated carbocycles. The van der Waals surface area contributed by atoms with Crippen LogP contribution in [-0.4, -0.2) is 22.9 Å². The number of carbonyl (C=O) groups excluding carboxylic acids is 2. The summed E-state index contributed by atoms with van der Waals surface area (Å²) in [7, 11) is 0. The van der Waals surface area contributed by atoms with Gasteiger partial charge in [0.05, 0.1) is 5.56 Å². The largest absolute Gasteiger partial charge is 0.444 e. The van der Waals surface area contributed by atoms with Crippen molar-refractivity contribution >= 4 is 23.4 Å². The zero-order valence-corrected chi connectivity index (χ0v) is 16.7. The monoisotopic (exact) mass is 401 g/mol. The molecule has 6 heteroatoms. The topological polar surface area (TPSA) is 80.3 Å². The minimum absolute atomic E-state index is 0.292. The molecule has 6 nitrogen and oxygen atoms in total. The van der Waals surface area contributed by atoms with E-state index < -0.39 is 18.0 Å². The van der Waals surface area contributed by atoms with E-state index in [1.165, 1.54) is 6.20 Å². The predicted octanol–water partition coefficient (Wildman–Crippen LogP) is 4.50. The van der Waals surface area contributed by atoms with E-state index in [1.807, 2.05) is 37.3 Å². The van der Waals surface area contributed by atoms with E-state index in [9.17, 15) is 9.59 Å². The Morgan fingerprint density at radius 2 is 1.73 bits per heavy atom. The smallest absolute Gasteiger partial charge is 0.340 e. The summed E-state index contributed by atoms with van der Waals surface area (Å²) in [6.07, 6.45) is 2.66. The molecule has 1 atom stereocenters. The van der Waals surface area contributed by atoms with Crippen molar-refractivity contribution in [2.45, 2.75) is 31.9 Å². The number of benzene rings is 2. The van der Waals surface area contributed by atoms with Crippen LogP contribution in [0, 0.1) is 6.92 Å². The minimum atomic E-state index is -1.08. The van der Waals surface area contributed by atoms with Gasteiger partial charge in [0.15, 0.2) is 0 Å². The number of hydrogen-bond acceptors (Lipinski definition) is 5. The number of nitrogens with one attached hydrogen (secondary N) is 2. The highest BCUT2D eigenvalue weighted by Crippen LogP contribution is 2.25. The van der Waals surface area contributed by atoms with Gasteiger partial charge in [0.25, 0.3) is 5.91 Å². The Morgan fingerprint density at radius 3 is 2.37 bits per heavy atom. The summed E-state index contributed by atoms with van der Waals surface area (Å²) in [5, 5.41) is 6.09. The summed E-state index contributed by atoms with van der Waals surface area (Å²) >= 11 is 0. The third kappa shape index (κ3) is 5.03. The molecule has 0 spiro atoms. The van der Waals surface area contributed by atoms with Crippen molar-refractivity contribution in [3.05, 3.63) is 89.6 Å². The summed E-state index contributed by atoms with van der Waals surface area (Å²) in [6, 6.07) is 20.3. The molecule has 0 saturated heterocycles. The lowest BCUT2D eigenvalue weighted by Gasteiger charge is -2.18. The molecule has 1 aromatic heterocycles. The number of pyridine rings is 1. The fourth-order valence-corrected chi connectivity index (χ4v) is 2.96. The van der Waals surface area contributed by atoms with E-state index in [0.717, 1.165) is 24.2 Å². The van der Waals surface area contributed by atoms with Crippen LogP contribution in [0.5, 0.6) is 0 Å². The average molecular weight is 401 g/mol. The first-order valence-corrected chi connectivity index (χ1v) is 9.94. The zero-order chi connectivity index (χ0) is 20.9. The maximum atomic E-state index is 12.9. The van der Waals surface area contributed by atoms with Crippen molar-refractivity contribution < 1.29 is 14.3 Å². The Labute approximate surface area is 175 Å². The second-order valence-corrected chi connectivity index (χ2v) is 7.40. The number of hydrogen-bond donors (Lipinski definition) is 2. The first-order valence-electron chi connectivity index (χ1n) is 9.94. The molecule has 1 aliphatic rings. The number of rotatable bonds is 7.